The van der Waals surface area contributed by atoms with Gasteiger partial charge in [0.05, 0.1) is 11.2 Å². The molecule has 4 nitrogen and oxygen atoms in total. The summed E-state index contributed by atoms with van der Waals surface area (Å²) in [6.07, 6.45) is 2.04. The van der Waals surface area contributed by atoms with Crippen LogP contribution in [0.2, 0.25) is 0 Å². The Labute approximate surface area is 245 Å². The molecule has 2 heterocycles. The van der Waals surface area contributed by atoms with Crippen LogP contribution >= 0.6 is 7.60 Å². The van der Waals surface area contributed by atoms with Crippen LogP contribution in [-0.2, 0) is 4.57 Å². The predicted molar refractivity (Wildman–Crippen MR) is 170 cm³/mol. The third-order valence-electron chi connectivity index (χ3n) is 7.46. The molecule has 0 radical (unpaired) electrons. The molecule has 0 amide bonds. The zero-order chi connectivity index (χ0) is 28.4. The summed E-state index contributed by atoms with van der Waals surface area (Å²) in [4.78, 5) is 0. The molecule has 5 heteroatoms. The number of rotatable bonds is 8. The first kappa shape index (κ1) is 25.9. The van der Waals surface area contributed by atoms with Gasteiger partial charge in [-0.1, -0.05) is 115 Å². The minimum atomic E-state index is -4.02. The Hall–Kier alpha value is -5.05. The van der Waals surface area contributed by atoms with E-state index in [2.05, 4.69) is 46.9 Å². The van der Waals surface area contributed by atoms with E-state index >= 15 is 4.57 Å². The van der Waals surface area contributed by atoms with Gasteiger partial charge in [-0.2, -0.15) is 0 Å². The Bertz CT molecular complexity index is 1970. The van der Waals surface area contributed by atoms with Crippen LogP contribution in [0.3, 0.4) is 0 Å². The van der Waals surface area contributed by atoms with E-state index in [1.165, 1.54) is 0 Å². The summed E-state index contributed by atoms with van der Waals surface area (Å²) in [5.74, 6) is 0.961. The van der Waals surface area contributed by atoms with E-state index in [0.29, 0.717) is 11.5 Å². The van der Waals surface area contributed by atoms with Gasteiger partial charge >= 0.3 is 7.60 Å². The minimum Gasteiger partial charge on any atom is -0.415 e. The SMILES string of the molecule is O=P(Oc1ccccc1)(Oc1ccccc1)C(c1cccc2ccccc12)c1cc(-c2ccccc2)n2ccccc12. The zero-order valence-electron chi connectivity index (χ0n) is 22.8. The van der Waals surface area contributed by atoms with E-state index in [-0.39, 0.29) is 0 Å². The molecule has 0 aliphatic heterocycles. The van der Waals surface area contributed by atoms with Gasteiger partial charge in [0.2, 0.25) is 0 Å². The van der Waals surface area contributed by atoms with Crippen molar-refractivity contribution >= 4 is 23.9 Å². The van der Waals surface area contributed by atoms with Gasteiger partial charge in [0, 0.05) is 11.8 Å². The van der Waals surface area contributed by atoms with Crippen molar-refractivity contribution in [3.05, 3.63) is 175 Å². The van der Waals surface area contributed by atoms with Gasteiger partial charge in [0.1, 0.15) is 17.2 Å². The molecule has 1 unspecified atom stereocenters. The lowest BCUT2D eigenvalue weighted by molar-refractivity contribution is 0.378. The molecule has 0 bridgehead atoms. The molecule has 7 rings (SSSR count). The fourth-order valence-electron chi connectivity index (χ4n) is 5.61. The second-order valence-corrected chi connectivity index (χ2v) is 12.1. The van der Waals surface area contributed by atoms with E-state index in [0.717, 1.165) is 38.7 Å². The van der Waals surface area contributed by atoms with Crippen molar-refractivity contribution in [3.63, 3.8) is 0 Å². The highest BCUT2D eigenvalue weighted by atomic mass is 31.2. The molecule has 0 aliphatic rings. The quantitative estimate of drug-likeness (QED) is 0.172. The maximum atomic E-state index is 15.6. The number of hydrogen-bond donors (Lipinski definition) is 0. The van der Waals surface area contributed by atoms with Crippen LogP contribution in [0.4, 0.5) is 0 Å². The summed E-state index contributed by atoms with van der Waals surface area (Å²) in [7, 11) is -4.02. The lowest BCUT2D eigenvalue weighted by Crippen LogP contribution is -2.13. The molecule has 0 N–H and O–H groups in total. The van der Waals surface area contributed by atoms with Crippen molar-refractivity contribution in [1.29, 1.82) is 0 Å². The molecule has 42 heavy (non-hydrogen) atoms. The number of fused-ring (bicyclic) bond motifs is 2. The summed E-state index contributed by atoms with van der Waals surface area (Å²) in [6, 6.07) is 51.3. The van der Waals surface area contributed by atoms with Crippen molar-refractivity contribution in [3.8, 4) is 22.8 Å². The van der Waals surface area contributed by atoms with Crippen molar-refractivity contribution in [2.45, 2.75) is 5.66 Å². The second kappa shape index (κ2) is 11.1. The van der Waals surface area contributed by atoms with Crippen LogP contribution in [0, 0.1) is 0 Å². The summed E-state index contributed by atoms with van der Waals surface area (Å²) in [6.45, 7) is 0. The Kier molecular flexibility index (Phi) is 6.83. The fourth-order valence-corrected chi connectivity index (χ4v) is 7.80. The van der Waals surface area contributed by atoms with Crippen LogP contribution in [0.25, 0.3) is 27.5 Å². The Morgan fingerprint density at radius 3 is 1.81 bits per heavy atom. The first-order chi connectivity index (χ1) is 20.7. The third-order valence-corrected chi connectivity index (χ3v) is 9.58. The molecule has 204 valence electrons. The minimum absolute atomic E-state index is 0.480. The smallest absolute Gasteiger partial charge is 0.415 e. The maximum Gasteiger partial charge on any atom is 0.442 e. The molecule has 0 fully saturated rings. The van der Waals surface area contributed by atoms with Gasteiger partial charge in [0.25, 0.3) is 0 Å². The lowest BCUT2D eigenvalue weighted by Gasteiger charge is -2.29. The molecular weight excluding hydrogens is 537 g/mol. The molecule has 5 aromatic carbocycles. The molecule has 1 atom stereocenters. The van der Waals surface area contributed by atoms with Crippen LogP contribution in [-0.4, -0.2) is 4.40 Å². The lowest BCUT2D eigenvalue weighted by atomic mass is 9.98. The molecule has 0 aliphatic carbocycles. The van der Waals surface area contributed by atoms with Crippen molar-refractivity contribution < 1.29 is 13.6 Å². The molecule has 0 saturated carbocycles. The summed E-state index contributed by atoms with van der Waals surface area (Å²) in [5.41, 5.74) is 3.98. The normalized spacial score (nSPS) is 12.3. The first-order valence-electron chi connectivity index (χ1n) is 13.9. The molecule has 0 spiro atoms. The van der Waals surface area contributed by atoms with Gasteiger partial charge < -0.3 is 13.4 Å². The number of nitrogens with zero attached hydrogens (tertiary/aromatic N) is 1. The average Bonchev–Trinajstić information content (AvgIpc) is 3.42. The summed E-state index contributed by atoms with van der Waals surface area (Å²) >= 11 is 0. The Balaban J connectivity index is 1.54. The summed E-state index contributed by atoms with van der Waals surface area (Å²) in [5, 5.41) is 2.05. The van der Waals surface area contributed by atoms with E-state index in [1.807, 2.05) is 121 Å². The van der Waals surface area contributed by atoms with Gasteiger partial charge in [-0.15, -0.1) is 0 Å². The highest BCUT2D eigenvalue weighted by Gasteiger charge is 2.44. The average molecular weight is 566 g/mol. The molecule has 7 aromatic rings. The first-order valence-corrected chi connectivity index (χ1v) is 15.5. The number of benzene rings is 5. The fraction of sp³-hybridized carbons (Fsp3) is 0.0270. The Morgan fingerprint density at radius 2 is 1.12 bits per heavy atom. The number of para-hydroxylation sites is 2. The molecular formula is C37H28NO3P. The van der Waals surface area contributed by atoms with Crippen LogP contribution < -0.4 is 9.05 Å². The van der Waals surface area contributed by atoms with Crippen LogP contribution in [0.15, 0.2) is 164 Å². The van der Waals surface area contributed by atoms with Gasteiger partial charge in [-0.05, 0) is 64.4 Å². The standard InChI is InChI=1S/C37H28NO3P/c39-42(40-30-19-6-2-7-20-30,41-31-21-8-3-9-22-31)37(33-24-14-18-28-15-10-11-23-32(28)33)34-27-36(29-16-4-1-5-17-29)38-26-13-12-25-35(34)38/h1-27,37H. The largest absolute Gasteiger partial charge is 0.442 e. The topological polar surface area (TPSA) is 39.9 Å². The van der Waals surface area contributed by atoms with Crippen LogP contribution in [0.5, 0.6) is 11.5 Å². The van der Waals surface area contributed by atoms with Crippen LogP contribution in [0.1, 0.15) is 16.8 Å². The van der Waals surface area contributed by atoms with Gasteiger partial charge in [0.15, 0.2) is 0 Å². The van der Waals surface area contributed by atoms with E-state index in [9.17, 15) is 0 Å². The number of aromatic nitrogens is 1. The number of pyridine rings is 1. The third kappa shape index (κ3) is 4.87. The van der Waals surface area contributed by atoms with E-state index in [4.69, 9.17) is 9.05 Å². The highest BCUT2D eigenvalue weighted by molar-refractivity contribution is 7.55. The number of hydrogen-bond acceptors (Lipinski definition) is 3. The monoisotopic (exact) mass is 565 g/mol. The molecule has 0 saturated heterocycles. The Morgan fingerprint density at radius 1 is 0.548 bits per heavy atom. The predicted octanol–water partition coefficient (Wildman–Crippen LogP) is 10.2. The molecule has 2 aromatic heterocycles. The van der Waals surface area contributed by atoms with E-state index < -0.39 is 13.3 Å². The zero-order valence-corrected chi connectivity index (χ0v) is 23.7. The highest BCUT2D eigenvalue weighted by Crippen LogP contribution is 2.64. The van der Waals surface area contributed by atoms with Crippen molar-refractivity contribution in [2.75, 3.05) is 0 Å². The summed E-state index contributed by atoms with van der Waals surface area (Å²) < 4.78 is 30.8. The second-order valence-electron chi connectivity index (χ2n) is 10.1. The van der Waals surface area contributed by atoms with Gasteiger partial charge in [-0.3, -0.25) is 0 Å². The maximum absolute atomic E-state index is 15.6. The van der Waals surface area contributed by atoms with Crippen molar-refractivity contribution in [1.82, 2.24) is 4.40 Å². The van der Waals surface area contributed by atoms with Crippen molar-refractivity contribution in [2.24, 2.45) is 0 Å². The van der Waals surface area contributed by atoms with E-state index in [1.54, 1.807) is 0 Å². The van der Waals surface area contributed by atoms with Gasteiger partial charge in [-0.25, -0.2) is 4.57 Å².